The van der Waals surface area contributed by atoms with E-state index in [0.29, 0.717) is 11.7 Å². The van der Waals surface area contributed by atoms with Crippen LogP contribution in [-0.4, -0.2) is 42.5 Å². The number of likely N-dealkylation sites (tertiary alicyclic amines) is 1. The van der Waals surface area contributed by atoms with Gasteiger partial charge in [0.15, 0.2) is 6.61 Å². The van der Waals surface area contributed by atoms with Crippen molar-refractivity contribution in [3.8, 4) is 5.75 Å². The van der Waals surface area contributed by atoms with Gasteiger partial charge in [-0.1, -0.05) is 51.3 Å². The Bertz CT molecular complexity index is 632. The number of hydrogen-bond donors (Lipinski definition) is 1. The predicted molar refractivity (Wildman–Crippen MR) is 105 cm³/mol. The highest BCUT2D eigenvalue weighted by Crippen LogP contribution is 2.36. The van der Waals surface area contributed by atoms with Crippen molar-refractivity contribution in [2.75, 3.05) is 19.7 Å². The number of carbonyl (C=O) groups excluding carboxylic acids is 2. The van der Waals surface area contributed by atoms with Gasteiger partial charge in [-0.2, -0.15) is 0 Å². The Morgan fingerprint density at radius 3 is 2.52 bits per heavy atom. The smallest absolute Gasteiger partial charge is 0.258 e. The molecule has 2 aliphatic rings. The first kappa shape index (κ1) is 19.7. The Labute approximate surface area is 162 Å². The lowest BCUT2D eigenvalue weighted by molar-refractivity contribution is -0.140. The van der Waals surface area contributed by atoms with Crippen LogP contribution in [0.15, 0.2) is 30.3 Å². The fraction of sp³-hybridized carbons (Fsp3) is 0.636. The Morgan fingerprint density at radius 2 is 1.81 bits per heavy atom. The van der Waals surface area contributed by atoms with E-state index in [9.17, 15) is 9.59 Å². The van der Waals surface area contributed by atoms with Crippen LogP contribution in [0.3, 0.4) is 0 Å². The Balaban J connectivity index is 1.54. The number of rotatable bonds is 6. The van der Waals surface area contributed by atoms with Crippen molar-refractivity contribution in [2.45, 2.75) is 52.0 Å². The van der Waals surface area contributed by atoms with E-state index >= 15 is 0 Å². The summed E-state index contributed by atoms with van der Waals surface area (Å²) < 4.78 is 5.51. The van der Waals surface area contributed by atoms with E-state index in [1.165, 1.54) is 25.7 Å². The molecule has 148 valence electrons. The number of amides is 2. The van der Waals surface area contributed by atoms with E-state index in [1.54, 1.807) is 0 Å². The van der Waals surface area contributed by atoms with Gasteiger partial charge in [0, 0.05) is 13.1 Å². The lowest BCUT2D eigenvalue weighted by atomic mass is 9.75. The molecule has 0 bridgehead atoms. The van der Waals surface area contributed by atoms with Crippen LogP contribution in [0, 0.1) is 17.8 Å². The van der Waals surface area contributed by atoms with Gasteiger partial charge in [0.2, 0.25) is 5.91 Å². The molecular formula is C22H32N2O3. The molecule has 27 heavy (non-hydrogen) atoms. The summed E-state index contributed by atoms with van der Waals surface area (Å²) in [5.41, 5.74) is 0. The molecule has 1 saturated carbocycles. The number of carbonyl (C=O) groups is 2. The standard InChI is InChI=1S/C22H32N2O3/c1-16(2)21(23-20(25)15-27-19-10-4-3-5-11-19)22(26)24-13-12-17-8-6-7-9-18(17)14-24/h3-5,10-11,16-18,21H,6-9,12-15H2,1-2H3,(H,23,25)/t17-,18-,21+/m1/s1. The molecule has 1 heterocycles. The first-order valence-corrected chi connectivity index (χ1v) is 10.3. The summed E-state index contributed by atoms with van der Waals surface area (Å²) in [5.74, 6) is 1.93. The SMILES string of the molecule is CC(C)[C@H](NC(=O)COc1ccccc1)C(=O)N1CC[C@H]2CCCC[C@@H]2C1. The second-order valence-electron chi connectivity index (χ2n) is 8.27. The topological polar surface area (TPSA) is 58.6 Å². The number of fused-ring (bicyclic) bond motifs is 1. The lowest BCUT2D eigenvalue weighted by Gasteiger charge is -2.42. The van der Waals surface area contributed by atoms with Crippen molar-refractivity contribution in [1.29, 1.82) is 0 Å². The van der Waals surface area contributed by atoms with E-state index < -0.39 is 6.04 Å². The quantitative estimate of drug-likeness (QED) is 0.834. The monoisotopic (exact) mass is 372 g/mol. The maximum absolute atomic E-state index is 13.1. The van der Waals surface area contributed by atoms with E-state index in [2.05, 4.69) is 5.32 Å². The second-order valence-corrected chi connectivity index (χ2v) is 8.27. The van der Waals surface area contributed by atoms with Gasteiger partial charge in [-0.3, -0.25) is 9.59 Å². The number of ether oxygens (including phenoxy) is 1. The summed E-state index contributed by atoms with van der Waals surface area (Å²) in [6, 6.07) is 8.76. The molecule has 3 rings (SSSR count). The van der Waals surface area contributed by atoms with E-state index in [-0.39, 0.29) is 24.3 Å². The van der Waals surface area contributed by atoms with Crippen molar-refractivity contribution in [1.82, 2.24) is 10.2 Å². The highest BCUT2D eigenvalue weighted by atomic mass is 16.5. The van der Waals surface area contributed by atoms with Gasteiger partial charge in [0.25, 0.3) is 5.91 Å². The van der Waals surface area contributed by atoms with Gasteiger partial charge in [-0.25, -0.2) is 0 Å². The molecule has 1 aromatic rings. The van der Waals surface area contributed by atoms with Crippen LogP contribution < -0.4 is 10.1 Å². The van der Waals surface area contributed by atoms with Crippen LogP contribution in [0.4, 0.5) is 0 Å². The lowest BCUT2D eigenvalue weighted by Crippen LogP contribution is -2.55. The minimum Gasteiger partial charge on any atom is -0.484 e. The highest BCUT2D eigenvalue weighted by Gasteiger charge is 2.36. The maximum atomic E-state index is 13.1. The Kier molecular flexibility index (Phi) is 6.75. The highest BCUT2D eigenvalue weighted by molar-refractivity contribution is 5.88. The summed E-state index contributed by atoms with van der Waals surface area (Å²) in [4.78, 5) is 27.4. The van der Waals surface area contributed by atoms with Gasteiger partial charge in [0.05, 0.1) is 0 Å². The average molecular weight is 373 g/mol. The minimum absolute atomic E-state index is 0.0438. The van der Waals surface area contributed by atoms with Crippen molar-refractivity contribution in [2.24, 2.45) is 17.8 Å². The Morgan fingerprint density at radius 1 is 1.11 bits per heavy atom. The van der Waals surface area contributed by atoms with Gasteiger partial charge in [0.1, 0.15) is 11.8 Å². The number of piperidine rings is 1. The molecule has 5 heteroatoms. The molecule has 1 aliphatic carbocycles. The third-order valence-electron chi connectivity index (χ3n) is 5.97. The molecule has 2 fully saturated rings. The second kappa shape index (κ2) is 9.25. The molecule has 1 saturated heterocycles. The van der Waals surface area contributed by atoms with Gasteiger partial charge in [-0.05, 0) is 42.7 Å². The predicted octanol–water partition coefficient (Wildman–Crippen LogP) is 3.24. The minimum atomic E-state index is -0.489. The van der Waals surface area contributed by atoms with Crippen molar-refractivity contribution < 1.29 is 14.3 Å². The van der Waals surface area contributed by atoms with Crippen LogP contribution >= 0.6 is 0 Å². The molecule has 0 spiro atoms. The Hall–Kier alpha value is -2.04. The zero-order valence-electron chi connectivity index (χ0n) is 16.5. The molecule has 0 unspecified atom stereocenters. The third-order valence-corrected chi connectivity index (χ3v) is 5.97. The maximum Gasteiger partial charge on any atom is 0.258 e. The summed E-state index contributed by atoms with van der Waals surface area (Å²) in [6.07, 6.45) is 6.27. The van der Waals surface area contributed by atoms with Gasteiger partial charge < -0.3 is 15.0 Å². The molecule has 1 aliphatic heterocycles. The normalized spacial score (nSPS) is 23.4. The fourth-order valence-corrected chi connectivity index (χ4v) is 4.39. The summed E-state index contributed by atoms with van der Waals surface area (Å²) in [6.45, 7) is 5.55. The molecule has 1 N–H and O–H groups in total. The van der Waals surface area contributed by atoms with Crippen LogP contribution in [0.25, 0.3) is 0 Å². The van der Waals surface area contributed by atoms with Gasteiger partial charge in [-0.15, -0.1) is 0 Å². The molecule has 3 atom stereocenters. The number of nitrogens with zero attached hydrogens (tertiary/aromatic N) is 1. The fourth-order valence-electron chi connectivity index (χ4n) is 4.39. The number of hydrogen-bond acceptors (Lipinski definition) is 3. The zero-order valence-corrected chi connectivity index (χ0v) is 16.5. The summed E-state index contributed by atoms with van der Waals surface area (Å²) >= 11 is 0. The molecule has 0 aromatic heterocycles. The van der Waals surface area contributed by atoms with Crippen molar-refractivity contribution >= 4 is 11.8 Å². The number of para-hydroxylation sites is 1. The molecular weight excluding hydrogens is 340 g/mol. The summed E-state index contributed by atoms with van der Waals surface area (Å²) in [7, 11) is 0. The molecule has 0 radical (unpaired) electrons. The van der Waals surface area contributed by atoms with Gasteiger partial charge >= 0.3 is 0 Å². The zero-order chi connectivity index (χ0) is 19.2. The first-order chi connectivity index (χ1) is 13.0. The van der Waals surface area contributed by atoms with Crippen LogP contribution in [-0.2, 0) is 9.59 Å². The largest absolute Gasteiger partial charge is 0.484 e. The van der Waals surface area contributed by atoms with E-state index in [1.807, 2.05) is 49.1 Å². The third kappa shape index (κ3) is 5.24. The van der Waals surface area contributed by atoms with Crippen LogP contribution in [0.5, 0.6) is 5.75 Å². The van der Waals surface area contributed by atoms with Crippen molar-refractivity contribution in [3.05, 3.63) is 30.3 Å². The number of nitrogens with one attached hydrogen (secondary N) is 1. The number of benzene rings is 1. The van der Waals surface area contributed by atoms with Crippen LogP contribution in [0.2, 0.25) is 0 Å². The first-order valence-electron chi connectivity index (χ1n) is 10.3. The summed E-state index contributed by atoms with van der Waals surface area (Å²) in [5, 5.41) is 2.90. The van der Waals surface area contributed by atoms with Crippen molar-refractivity contribution in [3.63, 3.8) is 0 Å². The van der Waals surface area contributed by atoms with E-state index in [4.69, 9.17) is 4.74 Å². The molecule has 5 nitrogen and oxygen atoms in total. The molecule has 1 aromatic carbocycles. The van der Waals surface area contributed by atoms with Crippen LogP contribution in [0.1, 0.15) is 46.0 Å². The van der Waals surface area contributed by atoms with E-state index in [0.717, 1.165) is 25.4 Å². The average Bonchev–Trinajstić information content (AvgIpc) is 2.70. The molecule has 2 amide bonds.